The molecule has 1 heterocycles. The van der Waals surface area contributed by atoms with Gasteiger partial charge < -0.3 is 9.67 Å². The van der Waals surface area contributed by atoms with Gasteiger partial charge in [0.25, 0.3) is 0 Å². The number of hydrogen-bond donors (Lipinski definition) is 2. The lowest BCUT2D eigenvalue weighted by Crippen LogP contribution is -2.46. The van der Waals surface area contributed by atoms with Gasteiger partial charge in [-0.25, -0.2) is 18.1 Å². The highest BCUT2D eigenvalue weighted by molar-refractivity contribution is 7.99. The molecule has 1 aromatic rings. The molecule has 0 aromatic carbocycles. The first kappa shape index (κ1) is 17.0. The third-order valence-corrected chi connectivity index (χ3v) is 4.11. The van der Waals surface area contributed by atoms with Crippen LogP contribution in [0.3, 0.4) is 0 Å². The van der Waals surface area contributed by atoms with Crippen LogP contribution in [0.15, 0.2) is 11.4 Å². The fourth-order valence-corrected chi connectivity index (χ4v) is 3.65. The minimum absolute atomic E-state index is 0.0869. The van der Waals surface area contributed by atoms with E-state index in [4.69, 9.17) is 5.11 Å². The van der Waals surface area contributed by atoms with Crippen molar-refractivity contribution in [3.63, 3.8) is 0 Å². The van der Waals surface area contributed by atoms with Crippen molar-refractivity contribution < 1.29 is 18.3 Å². The molecule has 1 aromatic heterocycles. The second kappa shape index (κ2) is 6.15. The average molecular weight is 321 g/mol. The molecule has 0 fully saturated rings. The highest BCUT2D eigenvalue weighted by Crippen LogP contribution is 2.20. The van der Waals surface area contributed by atoms with E-state index < -0.39 is 21.5 Å². The minimum atomic E-state index is -3.32. The monoisotopic (exact) mass is 321 g/mol. The first-order valence-electron chi connectivity index (χ1n) is 5.86. The molecule has 9 heteroatoms. The zero-order valence-corrected chi connectivity index (χ0v) is 13.5. The summed E-state index contributed by atoms with van der Waals surface area (Å²) in [6.45, 7) is 5.69. The van der Waals surface area contributed by atoms with Crippen LogP contribution in [0.5, 0.6) is 0 Å². The van der Waals surface area contributed by atoms with Crippen LogP contribution in [0.2, 0.25) is 0 Å². The van der Waals surface area contributed by atoms with Crippen LogP contribution >= 0.6 is 11.8 Å². The molecule has 0 bridgehead atoms. The van der Waals surface area contributed by atoms with E-state index >= 15 is 0 Å². The summed E-state index contributed by atoms with van der Waals surface area (Å²) in [6.07, 6.45) is 2.88. The van der Waals surface area contributed by atoms with Crippen LogP contribution < -0.4 is 4.72 Å². The second-order valence-electron chi connectivity index (χ2n) is 5.23. The van der Waals surface area contributed by atoms with Gasteiger partial charge in [0.1, 0.15) is 0 Å². The molecular formula is C11H19N3O4S2. The summed E-state index contributed by atoms with van der Waals surface area (Å²) < 4.78 is 27.0. The summed E-state index contributed by atoms with van der Waals surface area (Å²) in [6, 6.07) is 0. The zero-order chi connectivity index (χ0) is 15.6. The molecule has 0 aliphatic heterocycles. The van der Waals surface area contributed by atoms with E-state index in [1.807, 2.05) is 0 Å². The molecule has 0 saturated carbocycles. The van der Waals surface area contributed by atoms with Gasteiger partial charge in [-0.15, -0.1) is 0 Å². The number of carboxylic acid groups (broad SMARTS) is 1. The lowest BCUT2D eigenvalue weighted by atomic mass is 10.1. The Hall–Kier alpha value is -1.06. The number of sulfonamides is 1. The fourth-order valence-electron chi connectivity index (χ4n) is 1.84. The first-order chi connectivity index (χ1) is 8.98. The van der Waals surface area contributed by atoms with Gasteiger partial charge in [-0.05, 0) is 20.8 Å². The predicted molar refractivity (Wildman–Crippen MR) is 77.4 cm³/mol. The second-order valence-corrected chi connectivity index (χ2v) is 7.92. The zero-order valence-electron chi connectivity index (χ0n) is 11.9. The lowest BCUT2D eigenvalue weighted by Gasteiger charge is -2.26. The van der Waals surface area contributed by atoms with Gasteiger partial charge in [0, 0.05) is 18.3 Å². The summed E-state index contributed by atoms with van der Waals surface area (Å²) in [5.41, 5.74) is 0.0623. The summed E-state index contributed by atoms with van der Waals surface area (Å²) in [4.78, 5) is 14.9. The quantitative estimate of drug-likeness (QED) is 0.717. The smallest absolute Gasteiger partial charge is 0.313 e. The Balaban J connectivity index is 2.88. The molecule has 0 aliphatic rings. The Morgan fingerprint density at radius 1 is 1.55 bits per heavy atom. The van der Waals surface area contributed by atoms with Crippen LogP contribution in [0, 0.1) is 6.92 Å². The number of carboxylic acids is 1. The summed E-state index contributed by atoms with van der Waals surface area (Å²) in [7, 11) is -3.32. The fraction of sp³-hybridized carbons (Fsp3) is 0.636. The van der Waals surface area contributed by atoms with Gasteiger partial charge >= 0.3 is 5.97 Å². The molecule has 1 rings (SSSR count). The Bertz CT molecular complexity index is 593. The SMILES string of the molecule is Cc1cn(CC(C)(C)NS(C)(=O)=O)c(SCC(=O)O)n1. The third kappa shape index (κ3) is 5.93. The standard InChI is InChI=1S/C11H19N3O4S2/c1-8-5-14(10(12-8)19-6-9(15)16)7-11(2,3)13-20(4,17)18/h5,13H,6-7H2,1-4H3,(H,15,16). The summed E-state index contributed by atoms with van der Waals surface area (Å²) in [5, 5.41) is 9.27. The van der Waals surface area contributed by atoms with Gasteiger partial charge in [0.15, 0.2) is 5.16 Å². The van der Waals surface area contributed by atoms with Gasteiger partial charge in [-0.1, -0.05) is 11.8 Å². The molecule has 0 atom stereocenters. The van der Waals surface area contributed by atoms with Crippen LogP contribution in [0.4, 0.5) is 0 Å². The van der Waals surface area contributed by atoms with Crippen molar-refractivity contribution in [2.75, 3.05) is 12.0 Å². The minimum Gasteiger partial charge on any atom is -0.481 e. The van der Waals surface area contributed by atoms with Gasteiger partial charge in [0.2, 0.25) is 10.0 Å². The Morgan fingerprint density at radius 2 is 2.15 bits per heavy atom. The molecule has 0 aliphatic carbocycles. The number of hydrogen-bond acceptors (Lipinski definition) is 5. The number of thioether (sulfide) groups is 1. The largest absolute Gasteiger partial charge is 0.481 e. The van der Waals surface area contributed by atoms with E-state index in [2.05, 4.69) is 9.71 Å². The molecule has 20 heavy (non-hydrogen) atoms. The van der Waals surface area contributed by atoms with Crippen molar-refractivity contribution in [1.82, 2.24) is 14.3 Å². The van der Waals surface area contributed by atoms with E-state index in [1.54, 1.807) is 31.5 Å². The Kier molecular flexibility index (Phi) is 5.22. The number of nitrogens with zero attached hydrogens (tertiary/aromatic N) is 2. The first-order valence-corrected chi connectivity index (χ1v) is 8.73. The van der Waals surface area contributed by atoms with Crippen molar-refractivity contribution >= 4 is 27.8 Å². The number of imidazole rings is 1. The highest BCUT2D eigenvalue weighted by Gasteiger charge is 2.24. The molecule has 7 nitrogen and oxygen atoms in total. The number of carbonyl (C=O) groups is 1. The van der Waals surface area contributed by atoms with Crippen molar-refractivity contribution in [3.05, 3.63) is 11.9 Å². The Morgan fingerprint density at radius 3 is 2.65 bits per heavy atom. The lowest BCUT2D eigenvalue weighted by molar-refractivity contribution is -0.133. The third-order valence-electron chi connectivity index (χ3n) is 2.21. The average Bonchev–Trinajstić information content (AvgIpc) is 2.50. The highest BCUT2D eigenvalue weighted by atomic mass is 32.2. The maximum absolute atomic E-state index is 11.3. The summed E-state index contributed by atoms with van der Waals surface area (Å²) >= 11 is 1.11. The van der Waals surface area contributed by atoms with Gasteiger partial charge in [-0.2, -0.15) is 0 Å². The Labute approximate surface area is 122 Å². The van der Waals surface area contributed by atoms with Crippen LogP contribution in [-0.4, -0.2) is 46.6 Å². The van der Waals surface area contributed by atoms with Crippen molar-refractivity contribution in [2.45, 2.75) is 38.0 Å². The number of rotatable bonds is 7. The normalized spacial score (nSPS) is 12.6. The van der Waals surface area contributed by atoms with E-state index in [1.165, 1.54) is 0 Å². The van der Waals surface area contributed by atoms with Crippen molar-refractivity contribution in [2.24, 2.45) is 0 Å². The number of nitrogens with one attached hydrogen (secondary N) is 1. The summed E-state index contributed by atoms with van der Waals surface area (Å²) in [5.74, 6) is -1.01. The van der Waals surface area contributed by atoms with Crippen LogP contribution in [0.25, 0.3) is 0 Å². The van der Waals surface area contributed by atoms with Crippen molar-refractivity contribution in [1.29, 1.82) is 0 Å². The van der Waals surface area contributed by atoms with Crippen LogP contribution in [-0.2, 0) is 21.4 Å². The number of aryl methyl sites for hydroxylation is 1. The van der Waals surface area contributed by atoms with E-state index in [0.29, 0.717) is 11.7 Å². The molecule has 0 spiro atoms. The molecule has 2 N–H and O–H groups in total. The molecule has 0 unspecified atom stereocenters. The van der Waals surface area contributed by atoms with Gasteiger partial charge in [0.05, 0.1) is 17.7 Å². The predicted octanol–water partition coefficient (Wildman–Crippen LogP) is 0.696. The molecule has 0 saturated heterocycles. The molecule has 114 valence electrons. The van der Waals surface area contributed by atoms with Gasteiger partial charge in [-0.3, -0.25) is 4.79 Å². The maximum Gasteiger partial charge on any atom is 0.313 e. The van der Waals surface area contributed by atoms with Crippen molar-refractivity contribution in [3.8, 4) is 0 Å². The topological polar surface area (TPSA) is 101 Å². The molecular weight excluding hydrogens is 302 g/mol. The van der Waals surface area contributed by atoms with E-state index in [9.17, 15) is 13.2 Å². The number of aliphatic carboxylic acids is 1. The molecule has 0 radical (unpaired) electrons. The maximum atomic E-state index is 11.3. The van der Waals surface area contributed by atoms with Crippen LogP contribution in [0.1, 0.15) is 19.5 Å². The van der Waals surface area contributed by atoms with E-state index in [0.717, 1.165) is 23.7 Å². The van der Waals surface area contributed by atoms with E-state index in [-0.39, 0.29) is 5.75 Å². The number of aromatic nitrogens is 2. The molecule has 0 amide bonds.